The molecule has 3 saturated heterocycles. The Kier molecular flexibility index (Phi) is 8.67. The van der Waals surface area contributed by atoms with Gasteiger partial charge in [-0.1, -0.05) is 6.92 Å². The summed E-state index contributed by atoms with van der Waals surface area (Å²) in [6.07, 6.45) is 5.73. The number of carbonyl (C=O) groups excluding carboxylic acids is 5. The lowest BCUT2D eigenvalue weighted by Gasteiger charge is -2.59. The van der Waals surface area contributed by atoms with Crippen molar-refractivity contribution in [2.24, 2.45) is 5.41 Å². The van der Waals surface area contributed by atoms with E-state index in [4.69, 9.17) is 0 Å². The molecule has 56 heavy (non-hydrogen) atoms. The number of amides is 5. The van der Waals surface area contributed by atoms with Gasteiger partial charge in [0.2, 0.25) is 11.8 Å². The largest absolute Gasteiger partial charge is 0.368 e. The van der Waals surface area contributed by atoms with E-state index < -0.39 is 35.5 Å². The van der Waals surface area contributed by atoms with Gasteiger partial charge in [0.25, 0.3) is 23.3 Å². The van der Waals surface area contributed by atoms with Gasteiger partial charge in [-0.3, -0.25) is 48.9 Å². The van der Waals surface area contributed by atoms with Crippen LogP contribution in [0, 0.1) is 11.2 Å². The van der Waals surface area contributed by atoms with Crippen molar-refractivity contribution in [3.8, 4) is 0 Å². The van der Waals surface area contributed by atoms with Crippen LogP contribution < -0.4 is 26.0 Å². The Hall–Kier alpha value is -6.03. The van der Waals surface area contributed by atoms with E-state index in [9.17, 15) is 28.8 Å². The van der Waals surface area contributed by atoms with Crippen LogP contribution >= 0.6 is 0 Å². The Morgan fingerprint density at radius 3 is 2.38 bits per heavy atom. The van der Waals surface area contributed by atoms with Crippen molar-refractivity contribution in [1.29, 1.82) is 0 Å². The van der Waals surface area contributed by atoms with E-state index in [2.05, 4.69) is 35.4 Å². The fourth-order valence-electron chi connectivity index (χ4n) is 8.91. The third-order valence-corrected chi connectivity index (χ3v) is 11.9. The predicted molar refractivity (Wildman–Crippen MR) is 202 cm³/mol. The number of H-pyrrole nitrogens is 1. The minimum Gasteiger partial charge on any atom is -0.368 e. The number of aromatic amines is 1. The molecule has 5 aliphatic rings. The number of imide groups is 2. The van der Waals surface area contributed by atoms with Crippen molar-refractivity contribution in [3.63, 3.8) is 0 Å². The van der Waals surface area contributed by atoms with E-state index in [1.165, 1.54) is 6.07 Å². The number of nitrogens with one attached hydrogen (secondary N) is 3. The Balaban J connectivity index is 0.744. The first-order chi connectivity index (χ1) is 27.0. The van der Waals surface area contributed by atoms with Crippen LogP contribution in [0.1, 0.15) is 74.9 Å². The number of fused-ring (bicyclic) bond motifs is 2. The SMILES string of the molecule is CCc1cc2ncc(CN3CCN(c4ccc(C(=O)NC5CC6(C5)CN(c5cc7c(cc5F)C(=O)N([C@@H]5CCC(=O)NC5=O)C7=O)C6)nc4)CC3)cc2[nH]c1=O. The smallest absolute Gasteiger partial charge is 0.270 e. The second-order valence-corrected chi connectivity index (χ2v) is 15.6. The number of nitrogens with zero attached hydrogens (tertiary/aromatic N) is 6. The van der Waals surface area contributed by atoms with Crippen LogP contribution in [0.15, 0.2) is 53.6 Å². The molecule has 4 aromatic rings. The number of carbonyl (C=O) groups is 5. The Morgan fingerprint density at radius 1 is 0.929 bits per heavy atom. The van der Waals surface area contributed by atoms with Gasteiger partial charge >= 0.3 is 0 Å². The van der Waals surface area contributed by atoms with Crippen molar-refractivity contribution in [2.45, 2.75) is 57.7 Å². The average molecular weight is 762 g/mol. The van der Waals surface area contributed by atoms with Crippen molar-refractivity contribution in [3.05, 3.63) is 92.9 Å². The maximum atomic E-state index is 15.3. The summed E-state index contributed by atoms with van der Waals surface area (Å²) < 4.78 is 15.3. The first kappa shape index (κ1) is 35.7. The summed E-state index contributed by atoms with van der Waals surface area (Å²) >= 11 is 0. The second-order valence-electron chi connectivity index (χ2n) is 15.6. The number of piperidine rings is 1. The molecule has 1 atom stereocenters. The number of hydrogen-bond donors (Lipinski definition) is 3. The van der Waals surface area contributed by atoms with Crippen LogP contribution in [-0.4, -0.2) is 106 Å². The number of hydrogen-bond acceptors (Lipinski definition) is 11. The standard InChI is InChI=1S/C40H40FN9O6/c1-2-23-12-30-31(45-35(23)52)11-22(17-42-30)19-47-7-9-48(10-8-47)25-3-4-29(43-18-25)36(53)44-24-15-40(16-24)20-49(21-40)33-14-27-26(13-28(33)41)38(55)50(39(27)56)32-5-6-34(51)46-37(32)54/h3-4,11-14,17-18,24,32H,2,5-10,15-16,19-21H2,1H3,(H,44,53)(H,45,52)(H,46,51,54)/t32-/m1/s1. The number of rotatable bonds is 8. The van der Waals surface area contributed by atoms with Crippen molar-refractivity contribution in [1.82, 2.24) is 35.4 Å². The molecule has 3 aromatic heterocycles. The van der Waals surface area contributed by atoms with Crippen molar-refractivity contribution in [2.75, 3.05) is 49.1 Å². The highest BCUT2D eigenvalue weighted by Gasteiger charge is 2.54. The molecule has 7 heterocycles. The number of benzene rings is 1. The molecule has 0 bridgehead atoms. The summed E-state index contributed by atoms with van der Waals surface area (Å²) in [6.45, 7) is 7.04. The van der Waals surface area contributed by atoms with E-state index in [1.807, 2.05) is 36.2 Å². The maximum Gasteiger partial charge on any atom is 0.270 e. The van der Waals surface area contributed by atoms with Gasteiger partial charge in [0.1, 0.15) is 17.6 Å². The normalized spacial score (nSPS) is 21.0. The van der Waals surface area contributed by atoms with E-state index in [0.29, 0.717) is 25.2 Å². The van der Waals surface area contributed by atoms with Crippen LogP contribution in [0.4, 0.5) is 15.8 Å². The van der Waals surface area contributed by atoms with Gasteiger partial charge in [-0.15, -0.1) is 0 Å². The highest BCUT2D eigenvalue weighted by Crippen LogP contribution is 2.50. The molecule has 4 aliphatic heterocycles. The molecular formula is C40H40FN9O6. The lowest BCUT2D eigenvalue weighted by Crippen LogP contribution is -2.66. The molecule has 9 rings (SSSR count). The quantitative estimate of drug-likeness (QED) is 0.224. The number of pyridine rings is 3. The molecule has 288 valence electrons. The van der Waals surface area contributed by atoms with E-state index in [-0.39, 0.29) is 52.6 Å². The van der Waals surface area contributed by atoms with E-state index in [1.54, 1.807) is 12.3 Å². The summed E-state index contributed by atoms with van der Waals surface area (Å²) in [6, 6.07) is 8.80. The van der Waals surface area contributed by atoms with E-state index >= 15 is 4.39 Å². The lowest BCUT2D eigenvalue weighted by molar-refractivity contribution is -0.136. The Labute approximate surface area is 320 Å². The molecule has 16 heteroatoms. The highest BCUT2D eigenvalue weighted by molar-refractivity contribution is 6.23. The monoisotopic (exact) mass is 761 g/mol. The molecular weight excluding hydrogens is 721 g/mol. The number of piperazine rings is 1. The van der Waals surface area contributed by atoms with Crippen molar-refractivity contribution >= 4 is 51.9 Å². The molecule has 1 saturated carbocycles. The zero-order chi connectivity index (χ0) is 38.9. The summed E-state index contributed by atoms with van der Waals surface area (Å²) in [5, 5.41) is 5.24. The zero-order valence-corrected chi connectivity index (χ0v) is 30.8. The number of anilines is 2. The third kappa shape index (κ3) is 6.27. The van der Waals surface area contributed by atoms with Gasteiger partial charge in [-0.2, -0.15) is 0 Å². The maximum absolute atomic E-state index is 15.3. The summed E-state index contributed by atoms with van der Waals surface area (Å²) in [7, 11) is 0. The Morgan fingerprint density at radius 2 is 1.68 bits per heavy atom. The molecule has 0 radical (unpaired) electrons. The molecule has 4 fully saturated rings. The molecule has 3 N–H and O–H groups in total. The molecule has 5 amide bonds. The molecule has 1 aromatic carbocycles. The van der Waals surface area contributed by atoms with Gasteiger partial charge in [-0.25, -0.2) is 9.37 Å². The summed E-state index contributed by atoms with van der Waals surface area (Å²) in [5.74, 6) is -3.48. The van der Waals surface area contributed by atoms with Crippen LogP contribution in [0.2, 0.25) is 0 Å². The van der Waals surface area contributed by atoms with Gasteiger partial charge in [0, 0.05) is 75.5 Å². The van der Waals surface area contributed by atoms with Crippen LogP contribution in [-0.2, 0) is 22.6 Å². The topological polar surface area (TPSA) is 181 Å². The molecule has 1 spiro atoms. The summed E-state index contributed by atoms with van der Waals surface area (Å²) in [4.78, 5) is 94.9. The predicted octanol–water partition coefficient (Wildman–Crippen LogP) is 2.14. The fraction of sp³-hybridized carbons (Fsp3) is 0.400. The average Bonchev–Trinajstić information content (AvgIpc) is 3.39. The molecule has 1 aliphatic carbocycles. The minimum atomic E-state index is -1.12. The highest BCUT2D eigenvalue weighted by atomic mass is 19.1. The third-order valence-electron chi connectivity index (χ3n) is 11.9. The minimum absolute atomic E-state index is 0.00209. The molecule has 15 nitrogen and oxygen atoms in total. The van der Waals surface area contributed by atoms with Crippen LogP contribution in [0.5, 0.6) is 0 Å². The fourth-order valence-corrected chi connectivity index (χ4v) is 8.91. The number of aromatic nitrogens is 3. The van der Waals surface area contributed by atoms with Gasteiger partial charge in [-0.05, 0) is 67.6 Å². The first-order valence-electron chi connectivity index (χ1n) is 19.0. The second kappa shape index (κ2) is 13.6. The van der Waals surface area contributed by atoms with Gasteiger partial charge < -0.3 is 20.1 Å². The van der Waals surface area contributed by atoms with Crippen LogP contribution in [0.3, 0.4) is 0 Å². The Bertz CT molecular complexity index is 2380. The van der Waals surface area contributed by atoms with Gasteiger partial charge in [0.15, 0.2) is 0 Å². The molecule has 0 unspecified atom stereocenters. The lowest BCUT2D eigenvalue weighted by atomic mass is 9.60. The van der Waals surface area contributed by atoms with Gasteiger partial charge in [0.05, 0.1) is 39.7 Å². The van der Waals surface area contributed by atoms with Crippen LogP contribution in [0.25, 0.3) is 11.0 Å². The van der Waals surface area contributed by atoms with E-state index in [0.717, 1.165) is 84.4 Å². The number of aryl methyl sites for hydroxylation is 1. The van der Waals surface area contributed by atoms with Crippen molar-refractivity contribution < 1.29 is 28.4 Å². The summed E-state index contributed by atoms with van der Waals surface area (Å²) in [5.41, 5.74) is 4.58. The number of halogens is 1. The zero-order valence-electron chi connectivity index (χ0n) is 30.8. The first-order valence-corrected chi connectivity index (χ1v) is 19.0.